The van der Waals surface area contributed by atoms with Crippen molar-refractivity contribution in [2.45, 2.75) is 51.3 Å². The lowest BCUT2D eigenvalue weighted by Gasteiger charge is -2.31. The van der Waals surface area contributed by atoms with Crippen LogP contribution in [-0.4, -0.2) is 31.1 Å². The molecule has 120 valence electrons. The summed E-state index contributed by atoms with van der Waals surface area (Å²) in [7, 11) is 3.35. The van der Waals surface area contributed by atoms with E-state index >= 15 is 0 Å². The van der Waals surface area contributed by atoms with Gasteiger partial charge in [-0.15, -0.1) is 0 Å². The highest BCUT2D eigenvalue weighted by molar-refractivity contribution is 5.82. The summed E-state index contributed by atoms with van der Waals surface area (Å²) < 4.78 is 11.0. The van der Waals surface area contributed by atoms with E-state index in [2.05, 4.69) is 6.07 Å². The minimum atomic E-state index is -0.291. The van der Waals surface area contributed by atoms with Crippen molar-refractivity contribution in [2.75, 3.05) is 14.2 Å². The Labute approximate surface area is 132 Å². The predicted octanol–water partition coefficient (Wildman–Crippen LogP) is 3.13. The maximum absolute atomic E-state index is 12.9. The lowest BCUT2D eigenvalue weighted by atomic mass is 9.84. The topological polar surface area (TPSA) is 38.8 Å². The summed E-state index contributed by atoms with van der Waals surface area (Å²) in [5, 5.41) is 0. The quantitative estimate of drug-likeness (QED) is 0.858. The summed E-state index contributed by atoms with van der Waals surface area (Å²) >= 11 is 0. The molecule has 1 unspecified atom stereocenters. The van der Waals surface area contributed by atoms with Gasteiger partial charge in [0.15, 0.2) is 0 Å². The van der Waals surface area contributed by atoms with E-state index in [0.717, 1.165) is 24.2 Å². The SMILES string of the molecule is COc1cccc2c1CN(C(=O)C(OC)C1CCCCC1)C2. The van der Waals surface area contributed by atoms with E-state index in [1.54, 1.807) is 14.2 Å². The molecule has 1 fully saturated rings. The Bertz CT molecular complexity index is 537. The van der Waals surface area contributed by atoms with Crippen LogP contribution in [0.3, 0.4) is 0 Å². The van der Waals surface area contributed by atoms with Gasteiger partial charge in [-0.05, 0) is 30.4 Å². The summed E-state index contributed by atoms with van der Waals surface area (Å²) in [6.45, 7) is 1.29. The van der Waals surface area contributed by atoms with E-state index in [4.69, 9.17) is 9.47 Å². The summed E-state index contributed by atoms with van der Waals surface area (Å²) in [6.07, 6.45) is 5.63. The molecule has 1 saturated carbocycles. The monoisotopic (exact) mass is 303 g/mol. The molecule has 1 atom stereocenters. The largest absolute Gasteiger partial charge is 0.496 e. The van der Waals surface area contributed by atoms with Crippen molar-refractivity contribution in [1.29, 1.82) is 0 Å². The third-order valence-electron chi connectivity index (χ3n) is 5.05. The third kappa shape index (κ3) is 2.84. The predicted molar refractivity (Wildman–Crippen MR) is 84.6 cm³/mol. The molecular formula is C18H25NO3. The highest BCUT2D eigenvalue weighted by Gasteiger charge is 2.35. The van der Waals surface area contributed by atoms with Gasteiger partial charge in [0.1, 0.15) is 11.9 Å². The first-order valence-corrected chi connectivity index (χ1v) is 8.21. The van der Waals surface area contributed by atoms with Gasteiger partial charge < -0.3 is 14.4 Å². The molecule has 0 aromatic heterocycles. The van der Waals surface area contributed by atoms with Crippen molar-refractivity contribution in [3.05, 3.63) is 29.3 Å². The number of nitrogens with zero attached hydrogens (tertiary/aromatic N) is 1. The maximum atomic E-state index is 12.9. The normalized spacial score (nSPS) is 19.8. The van der Waals surface area contributed by atoms with Crippen LogP contribution in [0.4, 0.5) is 0 Å². The third-order valence-corrected chi connectivity index (χ3v) is 5.05. The van der Waals surface area contributed by atoms with Crippen LogP contribution in [0.1, 0.15) is 43.2 Å². The molecule has 1 amide bonds. The summed E-state index contributed by atoms with van der Waals surface area (Å²) in [5.41, 5.74) is 2.32. The Morgan fingerprint density at radius 1 is 1.18 bits per heavy atom. The molecule has 0 bridgehead atoms. The average molecular weight is 303 g/mol. The first-order valence-electron chi connectivity index (χ1n) is 8.21. The molecule has 2 aliphatic rings. The molecule has 4 nitrogen and oxygen atoms in total. The van der Waals surface area contributed by atoms with Crippen LogP contribution in [-0.2, 0) is 22.6 Å². The van der Waals surface area contributed by atoms with Crippen LogP contribution in [0.25, 0.3) is 0 Å². The number of carbonyl (C=O) groups excluding carboxylic acids is 1. The summed E-state index contributed by atoms with van der Waals surface area (Å²) in [4.78, 5) is 14.8. The first-order chi connectivity index (χ1) is 10.7. The molecule has 1 aromatic rings. The summed E-state index contributed by atoms with van der Waals surface area (Å²) in [5.74, 6) is 1.38. The van der Waals surface area contributed by atoms with E-state index in [0.29, 0.717) is 19.0 Å². The lowest BCUT2D eigenvalue weighted by molar-refractivity contribution is -0.146. The van der Waals surface area contributed by atoms with Crippen molar-refractivity contribution < 1.29 is 14.3 Å². The van der Waals surface area contributed by atoms with Gasteiger partial charge in [0.05, 0.1) is 13.7 Å². The van der Waals surface area contributed by atoms with E-state index in [-0.39, 0.29) is 12.0 Å². The molecule has 0 radical (unpaired) electrons. The highest BCUT2D eigenvalue weighted by atomic mass is 16.5. The number of methoxy groups -OCH3 is 2. The fourth-order valence-electron chi connectivity index (χ4n) is 3.85. The molecule has 1 heterocycles. The fourth-order valence-corrected chi connectivity index (χ4v) is 3.85. The zero-order chi connectivity index (χ0) is 15.5. The van der Waals surface area contributed by atoms with Gasteiger partial charge in [-0.3, -0.25) is 4.79 Å². The van der Waals surface area contributed by atoms with Gasteiger partial charge in [0.2, 0.25) is 0 Å². The summed E-state index contributed by atoms with van der Waals surface area (Å²) in [6, 6.07) is 6.02. The van der Waals surface area contributed by atoms with Crippen LogP contribution in [0, 0.1) is 5.92 Å². The lowest BCUT2D eigenvalue weighted by Crippen LogP contribution is -2.42. The van der Waals surface area contributed by atoms with Crippen molar-refractivity contribution in [1.82, 2.24) is 4.90 Å². The smallest absolute Gasteiger partial charge is 0.252 e. The molecule has 0 saturated heterocycles. The van der Waals surface area contributed by atoms with E-state index in [1.807, 2.05) is 17.0 Å². The van der Waals surface area contributed by atoms with Gasteiger partial charge in [0, 0.05) is 19.2 Å². The van der Waals surface area contributed by atoms with Crippen LogP contribution in [0.15, 0.2) is 18.2 Å². The minimum Gasteiger partial charge on any atom is -0.496 e. The molecule has 22 heavy (non-hydrogen) atoms. The maximum Gasteiger partial charge on any atom is 0.252 e. The first kappa shape index (κ1) is 15.3. The number of amides is 1. The second-order valence-corrected chi connectivity index (χ2v) is 6.35. The molecule has 1 aromatic carbocycles. The Hall–Kier alpha value is -1.55. The highest BCUT2D eigenvalue weighted by Crippen LogP contribution is 2.34. The molecular weight excluding hydrogens is 278 g/mol. The Kier molecular flexibility index (Phi) is 4.67. The van der Waals surface area contributed by atoms with E-state index < -0.39 is 0 Å². The van der Waals surface area contributed by atoms with Crippen molar-refractivity contribution in [2.24, 2.45) is 5.92 Å². The number of ether oxygens (including phenoxy) is 2. The molecule has 3 rings (SSSR count). The van der Waals surface area contributed by atoms with Crippen molar-refractivity contribution in [3.63, 3.8) is 0 Å². The number of hydrogen-bond acceptors (Lipinski definition) is 3. The molecule has 4 heteroatoms. The zero-order valence-electron chi connectivity index (χ0n) is 13.5. The number of hydrogen-bond donors (Lipinski definition) is 0. The van der Waals surface area contributed by atoms with Gasteiger partial charge in [-0.2, -0.15) is 0 Å². The van der Waals surface area contributed by atoms with Crippen LogP contribution in [0.5, 0.6) is 5.75 Å². The standard InChI is InChI=1S/C18H25NO3/c1-21-16-10-6-9-14-11-19(12-15(14)16)18(20)17(22-2)13-7-4-3-5-8-13/h6,9-10,13,17H,3-5,7-8,11-12H2,1-2H3. The van der Waals surface area contributed by atoms with Gasteiger partial charge in [0.25, 0.3) is 5.91 Å². The average Bonchev–Trinajstić information content (AvgIpc) is 3.00. The van der Waals surface area contributed by atoms with Crippen LogP contribution >= 0.6 is 0 Å². The van der Waals surface area contributed by atoms with Crippen LogP contribution < -0.4 is 4.74 Å². The molecule has 0 N–H and O–H groups in total. The number of fused-ring (bicyclic) bond motifs is 1. The molecule has 0 spiro atoms. The second-order valence-electron chi connectivity index (χ2n) is 6.35. The number of carbonyl (C=O) groups is 1. The van der Waals surface area contributed by atoms with E-state index in [1.165, 1.54) is 24.8 Å². The van der Waals surface area contributed by atoms with Crippen LogP contribution in [0.2, 0.25) is 0 Å². The second kappa shape index (κ2) is 6.69. The van der Waals surface area contributed by atoms with Gasteiger partial charge in [-0.25, -0.2) is 0 Å². The number of rotatable bonds is 4. The fraction of sp³-hybridized carbons (Fsp3) is 0.611. The van der Waals surface area contributed by atoms with Crippen molar-refractivity contribution >= 4 is 5.91 Å². The van der Waals surface area contributed by atoms with Crippen molar-refractivity contribution in [3.8, 4) is 5.75 Å². The minimum absolute atomic E-state index is 0.132. The van der Waals surface area contributed by atoms with E-state index in [9.17, 15) is 4.79 Å². The van der Waals surface area contributed by atoms with Gasteiger partial charge >= 0.3 is 0 Å². The molecule has 1 aliphatic carbocycles. The molecule has 1 aliphatic heterocycles. The number of benzene rings is 1. The van der Waals surface area contributed by atoms with Gasteiger partial charge in [-0.1, -0.05) is 31.4 Å². The Morgan fingerprint density at radius 3 is 2.64 bits per heavy atom. The Morgan fingerprint density at radius 2 is 1.95 bits per heavy atom. The zero-order valence-corrected chi connectivity index (χ0v) is 13.5. The Balaban J connectivity index is 1.73.